The molecule has 1 aromatic heterocycles. The van der Waals surface area contributed by atoms with Gasteiger partial charge in [0, 0.05) is 17.0 Å². The first kappa shape index (κ1) is 27.2. The van der Waals surface area contributed by atoms with E-state index in [0.29, 0.717) is 45.6 Å². The summed E-state index contributed by atoms with van der Waals surface area (Å²) in [6, 6.07) is 26.6. The van der Waals surface area contributed by atoms with Crippen molar-refractivity contribution in [1.29, 1.82) is 0 Å². The van der Waals surface area contributed by atoms with Crippen LogP contribution in [0.15, 0.2) is 96.6 Å². The highest BCUT2D eigenvalue weighted by atomic mass is 35.5. The molecule has 2 aliphatic heterocycles. The number of ketones is 1. The first-order valence-electron chi connectivity index (χ1n) is 13.8. The fourth-order valence-corrected chi connectivity index (χ4v) is 6.84. The smallest absolute Gasteiger partial charge is 0.301 e. The molecule has 1 N–H and O–H groups in total. The van der Waals surface area contributed by atoms with Crippen molar-refractivity contribution in [1.82, 2.24) is 4.98 Å². The van der Waals surface area contributed by atoms with E-state index >= 15 is 0 Å². The molecule has 1 saturated heterocycles. The lowest BCUT2D eigenvalue weighted by atomic mass is 9.94. The van der Waals surface area contributed by atoms with Crippen molar-refractivity contribution < 1.29 is 24.2 Å². The van der Waals surface area contributed by atoms with E-state index in [1.165, 1.54) is 16.2 Å². The van der Waals surface area contributed by atoms with Gasteiger partial charge < -0.3 is 14.6 Å². The Hall–Kier alpha value is -4.66. The molecule has 0 spiro atoms. The number of carbonyl (C=O) groups excluding carboxylic acids is 2. The fraction of sp³-hybridized carbons (Fsp3) is 0.147. The highest BCUT2D eigenvalue weighted by Crippen LogP contribution is 2.45. The van der Waals surface area contributed by atoms with Crippen LogP contribution in [-0.4, -0.2) is 27.9 Å². The predicted octanol–water partition coefficient (Wildman–Crippen LogP) is 7.48. The first-order chi connectivity index (χ1) is 20.9. The number of ether oxygens (including phenoxy) is 2. The zero-order valence-electron chi connectivity index (χ0n) is 23.0. The molecule has 7 nitrogen and oxygen atoms in total. The number of aliphatic hydroxyl groups is 1. The molecule has 0 bridgehead atoms. The minimum absolute atomic E-state index is 0.0177. The Morgan fingerprint density at radius 2 is 1.88 bits per heavy atom. The van der Waals surface area contributed by atoms with E-state index < -0.39 is 17.7 Å². The number of rotatable bonds is 6. The molecule has 5 aromatic rings. The maximum Gasteiger partial charge on any atom is 0.301 e. The van der Waals surface area contributed by atoms with E-state index in [2.05, 4.69) is 4.98 Å². The molecule has 0 aliphatic carbocycles. The molecule has 4 aromatic carbocycles. The summed E-state index contributed by atoms with van der Waals surface area (Å²) in [4.78, 5) is 33.5. The van der Waals surface area contributed by atoms with E-state index in [0.717, 1.165) is 21.6 Å². The van der Waals surface area contributed by atoms with Crippen molar-refractivity contribution in [3.8, 4) is 11.5 Å². The molecule has 9 heteroatoms. The SMILES string of the molecule is C[C@@H]1Cc2cc(/C(O)=C3\C(=O)C(=O)N(c4nc5ccc(Cl)cc5s4)[C@H]3c3cccc(OCc4ccccc4)c3)ccc2O1. The molecule has 7 rings (SSSR count). The molecular formula is C34H25ClN2O5S. The summed E-state index contributed by atoms with van der Waals surface area (Å²) in [5.41, 5.74) is 3.60. The van der Waals surface area contributed by atoms with Gasteiger partial charge in [-0.05, 0) is 72.1 Å². The van der Waals surface area contributed by atoms with Crippen LogP contribution in [0.4, 0.5) is 5.13 Å². The van der Waals surface area contributed by atoms with E-state index in [1.807, 2.05) is 61.5 Å². The number of benzene rings is 4. The summed E-state index contributed by atoms with van der Waals surface area (Å²) in [7, 11) is 0. The Morgan fingerprint density at radius 3 is 2.72 bits per heavy atom. The van der Waals surface area contributed by atoms with Crippen molar-refractivity contribution >= 4 is 55.7 Å². The Bertz CT molecular complexity index is 1940. The monoisotopic (exact) mass is 608 g/mol. The zero-order chi connectivity index (χ0) is 29.7. The number of Topliss-reactive ketones (excluding diaryl/α,β-unsaturated/α-hetero) is 1. The quantitative estimate of drug-likeness (QED) is 0.122. The first-order valence-corrected chi connectivity index (χ1v) is 15.0. The number of carbonyl (C=O) groups is 2. The third kappa shape index (κ3) is 5.02. The molecule has 0 unspecified atom stereocenters. The number of nitrogens with zero attached hydrogens (tertiary/aromatic N) is 2. The Morgan fingerprint density at radius 1 is 1.05 bits per heavy atom. The largest absolute Gasteiger partial charge is 0.507 e. The predicted molar refractivity (Wildman–Crippen MR) is 167 cm³/mol. The minimum atomic E-state index is -0.945. The van der Waals surface area contributed by atoms with Gasteiger partial charge in [-0.1, -0.05) is 65.4 Å². The standard InChI is InChI=1S/C34H25ClN2O5S/c1-19-14-23-15-22(10-13-27(23)42-19)31(38)29-30(21-8-5-9-25(16-21)41-18-20-6-3-2-4-7-20)37(33(40)32(29)39)34-36-26-12-11-24(35)17-28(26)43-34/h2-13,15-17,19,30,38H,14,18H2,1H3/b31-29+/t19-,30+/m1/s1. The lowest BCUT2D eigenvalue weighted by molar-refractivity contribution is -0.132. The van der Waals surface area contributed by atoms with Gasteiger partial charge in [-0.25, -0.2) is 4.98 Å². The molecule has 2 aliphatic rings. The lowest BCUT2D eigenvalue weighted by Crippen LogP contribution is -2.29. The molecule has 43 heavy (non-hydrogen) atoms. The number of anilines is 1. The van der Waals surface area contributed by atoms with Gasteiger partial charge in [0.05, 0.1) is 21.8 Å². The van der Waals surface area contributed by atoms with Crippen molar-refractivity contribution in [2.75, 3.05) is 4.90 Å². The normalized spacial score (nSPS) is 19.1. The number of hydrogen-bond donors (Lipinski definition) is 1. The number of hydrogen-bond acceptors (Lipinski definition) is 7. The second-order valence-electron chi connectivity index (χ2n) is 10.6. The van der Waals surface area contributed by atoms with Gasteiger partial charge in [0.15, 0.2) is 5.13 Å². The summed E-state index contributed by atoms with van der Waals surface area (Å²) in [5.74, 6) is -0.511. The molecule has 1 amide bonds. The van der Waals surface area contributed by atoms with E-state index in [-0.39, 0.29) is 17.4 Å². The topological polar surface area (TPSA) is 89.0 Å². The summed E-state index contributed by atoms with van der Waals surface area (Å²) >= 11 is 7.47. The van der Waals surface area contributed by atoms with E-state index in [1.54, 1.807) is 36.4 Å². The number of halogens is 1. The second-order valence-corrected chi connectivity index (χ2v) is 12.0. The molecule has 1 fully saturated rings. The average molecular weight is 609 g/mol. The summed E-state index contributed by atoms with van der Waals surface area (Å²) in [6.45, 7) is 2.32. The molecule has 2 atom stereocenters. The van der Waals surface area contributed by atoms with Crippen molar-refractivity contribution in [3.05, 3.63) is 124 Å². The van der Waals surface area contributed by atoms with Crippen LogP contribution in [0.25, 0.3) is 16.0 Å². The molecular weight excluding hydrogens is 584 g/mol. The van der Waals surface area contributed by atoms with Crippen LogP contribution in [0.1, 0.15) is 35.2 Å². The van der Waals surface area contributed by atoms with Crippen LogP contribution in [-0.2, 0) is 22.6 Å². The Kier molecular flexibility index (Phi) is 6.88. The number of amides is 1. The van der Waals surface area contributed by atoms with Crippen molar-refractivity contribution in [2.45, 2.75) is 32.1 Å². The van der Waals surface area contributed by atoms with Gasteiger partial charge in [0.1, 0.15) is 30.0 Å². The van der Waals surface area contributed by atoms with Gasteiger partial charge >= 0.3 is 5.91 Å². The zero-order valence-corrected chi connectivity index (χ0v) is 24.6. The Labute approximate surface area is 256 Å². The van der Waals surface area contributed by atoms with Crippen LogP contribution < -0.4 is 14.4 Å². The number of aliphatic hydroxyl groups excluding tert-OH is 1. The third-order valence-electron chi connectivity index (χ3n) is 7.58. The van der Waals surface area contributed by atoms with Crippen LogP contribution in [0.5, 0.6) is 11.5 Å². The fourth-order valence-electron chi connectivity index (χ4n) is 5.57. The highest BCUT2D eigenvalue weighted by molar-refractivity contribution is 7.22. The number of thiazole rings is 1. The van der Waals surface area contributed by atoms with Gasteiger partial charge in [-0.2, -0.15) is 0 Å². The maximum absolute atomic E-state index is 13.7. The minimum Gasteiger partial charge on any atom is -0.507 e. The van der Waals surface area contributed by atoms with Crippen LogP contribution in [0.2, 0.25) is 5.02 Å². The molecule has 0 saturated carbocycles. The Balaban J connectivity index is 1.35. The lowest BCUT2D eigenvalue weighted by Gasteiger charge is -2.23. The number of aromatic nitrogens is 1. The summed E-state index contributed by atoms with van der Waals surface area (Å²) in [5, 5.41) is 12.5. The highest BCUT2D eigenvalue weighted by Gasteiger charge is 2.48. The van der Waals surface area contributed by atoms with Crippen molar-refractivity contribution in [2.24, 2.45) is 0 Å². The summed E-state index contributed by atoms with van der Waals surface area (Å²) in [6.07, 6.45) is 0.702. The van der Waals surface area contributed by atoms with Gasteiger partial charge in [-0.15, -0.1) is 0 Å². The molecule has 0 radical (unpaired) electrons. The maximum atomic E-state index is 13.7. The van der Waals surface area contributed by atoms with Crippen molar-refractivity contribution in [3.63, 3.8) is 0 Å². The van der Waals surface area contributed by atoms with Gasteiger partial charge in [0.25, 0.3) is 5.78 Å². The average Bonchev–Trinajstić information content (AvgIpc) is 3.68. The van der Waals surface area contributed by atoms with E-state index in [9.17, 15) is 14.7 Å². The van der Waals surface area contributed by atoms with Gasteiger partial charge in [-0.3, -0.25) is 14.5 Å². The van der Waals surface area contributed by atoms with Crippen LogP contribution in [0, 0.1) is 0 Å². The van der Waals surface area contributed by atoms with E-state index in [4.69, 9.17) is 21.1 Å². The number of fused-ring (bicyclic) bond motifs is 2. The summed E-state index contributed by atoms with van der Waals surface area (Å²) < 4.78 is 12.7. The third-order valence-corrected chi connectivity index (χ3v) is 8.83. The molecule has 214 valence electrons. The molecule has 3 heterocycles. The second kappa shape index (κ2) is 10.9. The van der Waals surface area contributed by atoms with Gasteiger partial charge in [0.2, 0.25) is 0 Å². The van der Waals surface area contributed by atoms with Crippen LogP contribution >= 0.6 is 22.9 Å². The van der Waals surface area contributed by atoms with Crippen LogP contribution in [0.3, 0.4) is 0 Å².